The van der Waals surface area contributed by atoms with Crippen LogP contribution in [0.5, 0.6) is 0 Å². The lowest BCUT2D eigenvalue weighted by atomic mass is 10.2. The number of pyridine rings is 1. The van der Waals surface area contributed by atoms with E-state index in [0.29, 0.717) is 6.04 Å². The van der Waals surface area contributed by atoms with Crippen LogP contribution in [0.15, 0.2) is 29.5 Å². The number of thioether (sulfide) groups is 1. The van der Waals surface area contributed by atoms with Crippen molar-refractivity contribution in [2.45, 2.75) is 12.6 Å². The lowest BCUT2D eigenvalue weighted by Crippen LogP contribution is -2.50. The number of aromatic amines is 1. The minimum atomic E-state index is 0.622. The molecule has 0 amide bonds. The molecule has 2 aliphatic rings. The van der Waals surface area contributed by atoms with Crippen LogP contribution in [0.3, 0.4) is 0 Å². The summed E-state index contributed by atoms with van der Waals surface area (Å²) < 4.78 is 0. The summed E-state index contributed by atoms with van der Waals surface area (Å²) in [6.07, 6.45) is 3.84. The predicted molar refractivity (Wildman–Crippen MR) is 83.1 cm³/mol. The molecule has 0 radical (unpaired) electrons. The first-order valence-electron chi connectivity index (χ1n) is 6.97. The minimum Gasteiger partial charge on any atom is -0.346 e. The first kappa shape index (κ1) is 12.2. The predicted octanol–water partition coefficient (Wildman–Crippen LogP) is 1.44. The molecule has 0 aromatic carbocycles. The van der Waals surface area contributed by atoms with Crippen molar-refractivity contribution in [2.24, 2.45) is 4.99 Å². The number of fused-ring (bicyclic) bond motifs is 2. The van der Waals surface area contributed by atoms with Crippen molar-refractivity contribution in [3.05, 3.63) is 30.1 Å². The van der Waals surface area contributed by atoms with Gasteiger partial charge in [0.2, 0.25) is 0 Å². The van der Waals surface area contributed by atoms with Gasteiger partial charge in [-0.25, -0.2) is 4.98 Å². The first-order valence-corrected chi connectivity index (χ1v) is 7.96. The summed E-state index contributed by atoms with van der Waals surface area (Å²) in [7, 11) is 0. The van der Waals surface area contributed by atoms with E-state index < -0.39 is 0 Å². The number of amidine groups is 1. The Morgan fingerprint density at radius 3 is 3.50 bits per heavy atom. The molecule has 2 aliphatic heterocycles. The zero-order valence-electron chi connectivity index (χ0n) is 11.2. The maximum Gasteiger partial charge on any atom is 0.159 e. The first-order chi connectivity index (χ1) is 9.92. The van der Waals surface area contributed by atoms with Crippen LogP contribution in [0.4, 0.5) is 0 Å². The van der Waals surface area contributed by atoms with Crippen LogP contribution in [-0.2, 0) is 6.54 Å². The molecule has 2 aromatic heterocycles. The molecule has 0 aliphatic carbocycles. The van der Waals surface area contributed by atoms with Crippen molar-refractivity contribution in [1.29, 1.82) is 0 Å². The van der Waals surface area contributed by atoms with E-state index in [4.69, 9.17) is 4.99 Å². The van der Waals surface area contributed by atoms with Gasteiger partial charge >= 0.3 is 0 Å². The highest BCUT2D eigenvalue weighted by molar-refractivity contribution is 8.14. The van der Waals surface area contributed by atoms with E-state index in [1.54, 1.807) is 0 Å². The molecule has 5 nitrogen and oxygen atoms in total. The summed E-state index contributed by atoms with van der Waals surface area (Å²) in [6, 6.07) is 4.70. The number of piperazine rings is 1. The number of hydrogen-bond donors (Lipinski definition) is 2. The molecule has 20 heavy (non-hydrogen) atoms. The van der Waals surface area contributed by atoms with Crippen molar-refractivity contribution in [3.63, 3.8) is 0 Å². The molecule has 2 aromatic rings. The van der Waals surface area contributed by atoms with Crippen molar-refractivity contribution < 1.29 is 0 Å². The molecule has 0 saturated carbocycles. The highest BCUT2D eigenvalue weighted by Gasteiger charge is 2.31. The monoisotopic (exact) mass is 287 g/mol. The molecule has 1 atom stereocenters. The van der Waals surface area contributed by atoms with Gasteiger partial charge in [-0.1, -0.05) is 11.8 Å². The number of nitrogens with one attached hydrogen (secondary N) is 2. The summed E-state index contributed by atoms with van der Waals surface area (Å²) in [5.41, 5.74) is 2.17. The largest absolute Gasteiger partial charge is 0.346 e. The third kappa shape index (κ3) is 2.09. The van der Waals surface area contributed by atoms with Gasteiger partial charge in [0.1, 0.15) is 5.65 Å². The van der Waals surface area contributed by atoms with Crippen molar-refractivity contribution in [1.82, 2.24) is 20.2 Å². The van der Waals surface area contributed by atoms with Crippen LogP contribution in [0.1, 0.15) is 5.56 Å². The van der Waals surface area contributed by atoms with E-state index in [9.17, 15) is 0 Å². The highest BCUT2D eigenvalue weighted by Crippen LogP contribution is 2.26. The van der Waals surface area contributed by atoms with Crippen LogP contribution in [0, 0.1) is 0 Å². The Morgan fingerprint density at radius 1 is 1.50 bits per heavy atom. The van der Waals surface area contributed by atoms with Gasteiger partial charge < -0.3 is 15.2 Å². The van der Waals surface area contributed by atoms with Gasteiger partial charge in [-0.15, -0.1) is 0 Å². The summed E-state index contributed by atoms with van der Waals surface area (Å²) in [4.78, 5) is 14.8. The quantitative estimate of drug-likeness (QED) is 0.877. The highest BCUT2D eigenvalue weighted by atomic mass is 32.2. The van der Waals surface area contributed by atoms with Crippen molar-refractivity contribution in [2.75, 3.05) is 25.4 Å². The molecule has 0 spiro atoms. The third-order valence-corrected chi connectivity index (χ3v) is 5.10. The number of hydrogen-bond acceptors (Lipinski definition) is 4. The summed E-state index contributed by atoms with van der Waals surface area (Å²) in [6.45, 7) is 3.95. The van der Waals surface area contributed by atoms with E-state index in [2.05, 4.69) is 26.3 Å². The molecule has 4 heterocycles. The van der Waals surface area contributed by atoms with Crippen molar-refractivity contribution in [3.8, 4) is 0 Å². The van der Waals surface area contributed by atoms with Gasteiger partial charge in [-0.3, -0.25) is 4.99 Å². The van der Waals surface area contributed by atoms with Gasteiger partial charge in [-0.05, 0) is 12.1 Å². The molecule has 1 unspecified atom stereocenters. The summed E-state index contributed by atoms with van der Waals surface area (Å²) in [5, 5.41) is 5.83. The van der Waals surface area contributed by atoms with E-state index in [-0.39, 0.29) is 0 Å². The van der Waals surface area contributed by atoms with Crippen LogP contribution >= 0.6 is 11.8 Å². The van der Waals surface area contributed by atoms with E-state index in [1.165, 1.54) is 16.1 Å². The topological polar surface area (TPSA) is 56.3 Å². The standard InChI is InChI=1S/C14H17N5S/c1-2-12-10(6-17-13(12)16-3-1)7-18-14-19-5-4-15-8-11(19)9-20-14/h1-3,6,11,15H,4-5,7-9H2,(H,16,17). The van der Waals surface area contributed by atoms with Crippen LogP contribution in [0.2, 0.25) is 0 Å². The normalized spacial score (nSPS) is 24.5. The molecule has 2 N–H and O–H groups in total. The van der Waals surface area contributed by atoms with Gasteiger partial charge in [0, 0.05) is 48.7 Å². The smallest absolute Gasteiger partial charge is 0.159 e. The molecular formula is C14H17N5S. The fourth-order valence-corrected chi connectivity index (χ4v) is 4.05. The number of aromatic nitrogens is 2. The molecule has 0 bridgehead atoms. The SMILES string of the molecule is c1cnc2[nH]cc(CN=C3SCC4CNCCN34)c2c1. The Balaban J connectivity index is 1.56. The Morgan fingerprint density at radius 2 is 2.50 bits per heavy atom. The van der Waals surface area contributed by atoms with E-state index >= 15 is 0 Å². The average Bonchev–Trinajstić information content (AvgIpc) is 3.09. The number of nitrogens with zero attached hydrogens (tertiary/aromatic N) is 3. The maximum absolute atomic E-state index is 4.83. The Hall–Kier alpha value is -1.53. The van der Waals surface area contributed by atoms with Gasteiger partial charge in [0.25, 0.3) is 0 Å². The lowest BCUT2D eigenvalue weighted by molar-refractivity contribution is 0.290. The molecule has 2 saturated heterocycles. The summed E-state index contributed by atoms with van der Waals surface area (Å²) >= 11 is 1.89. The lowest BCUT2D eigenvalue weighted by Gasteiger charge is -2.31. The molecule has 4 rings (SSSR count). The fourth-order valence-electron chi connectivity index (χ4n) is 2.85. The zero-order valence-corrected chi connectivity index (χ0v) is 12.0. The molecule has 104 valence electrons. The molecule has 2 fully saturated rings. The Labute approximate surface area is 121 Å². The Kier molecular flexibility index (Phi) is 3.12. The van der Waals surface area contributed by atoms with E-state index in [0.717, 1.165) is 37.6 Å². The molecule has 6 heteroatoms. The van der Waals surface area contributed by atoms with Gasteiger partial charge in [-0.2, -0.15) is 0 Å². The van der Waals surface area contributed by atoms with E-state index in [1.807, 2.05) is 30.2 Å². The molecular weight excluding hydrogens is 270 g/mol. The second-order valence-corrected chi connectivity index (χ2v) is 6.16. The maximum atomic E-state index is 4.83. The number of H-pyrrole nitrogens is 1. The van der Waals surface area contributed by atoms with Crippen LogP contribution in [-0.4, -0.2) is 51.5 Å². The zero-order chi connectivity index (χ0) is 13.4. The second-order valence-electron chi connectivity index (χ2n) is 5.17. The van der Waals surface area contributed by atoms with Crippen molar-refractivity contribution >= 4 is 28.0 Å². The number of rotatable bonds is 2. The fraction of sp³-hybridized carbons (Fsp3) is 0.429. The van der Waals surface area contributed by atoms with Gasteiger partial charge in [0.05, 0.1) is 12.6 Å². The van der Waals surface area contributed by atoms with Gasteiger partial charge in [0.15, 0.2) is 5.17 Å². The minimum absolute atomic E-state index is 0.622. The number of aliphatic imine (C=N–C) groups is 1. The second kappa shape index (κ2) is 5.10. The average molecular weight is 287 g/mol. The summed E-state index contributed by atoms with van der Waals surface area (Å²) in [5.74, 6) is 1.15. The van der Waals surface area contributed by atoms with Crippen LogP contribution in [0.25, 0.3) is 11.0 Å². The Bertz CT molecular complexity index is 650. The third-order valence-electron chi connectivity index (χ3n) is 3.92. The van der Waals surface area contributed by atoms with Crippen LogP contribution < -0.4 is 5.32 Å².